The Hall–Kier alpha value is -2.07. The smallest absolute Gasteiger partial charge is 0.297 e. The molecule has 0 fully saturated rings. The van der Waals surface area contributed by atoms with Crippen molar-refractivity contribution in [2.75, 3.05) is 5.32 Å². The number of hydrogen-bond acceptors (Lipinski definition) is 5. The number of halogens is 5. The lowest BCUT2D eigenvalue weighted by Gasteiger charge is -2.08. The lowest BCUT2D eigenvalue weighted by atomic mass is 10.1. The van der Waals surface area contributed by atoms with Crippen molar-refractivity contribution in [3.63, 3.8) is 0 Å². The van der Waals surface area contributed by atoms with Crippen LogP contribution in [0.2, 0.25) is 10.0 Å². The highest BCUT2D eigenvalue weighted by atomic mass is 35.5. The topological polar surface area (TPSA) is 54.9 Å². The van der Waals surface area contributed by atoms with Gasteiger partial charge in [0.15, 0.2) is 4.34 Å². The predicted molar refractivity (Wildman–Crippen MR) is 115 cm³/mol. The molecule has 3 rings (SSSR count). The molecule has 0 bridgehead atoms. The molecule has 156 valence electrons. The molecule has 0 aliphatic heterocycles. The second-order valence-corrected chi connectivity index (χ2v) is 8.89. The molecule has 1 heterocycles. The number of nitrogens with one attached hydrogen (secondary N) is 1. The predicted octanol–water partition coefficient (Wildman–Crippen LogP) is 6.81. The highest BCUT2D eigenvalue weighted by Crippen LogP contribution is 2.32. The average Bonchev–Trinajstić information content (AvgIpc) is 3.13. The van der Waals surface area contributed by atoms with Crippen LogP contribution in [0.5, 0.6) is 0 Å². The number of carbonyl (C=O) groups excluding carboxylic acids is 1. The third kappa shape index (κ3) is 6.46. The molecule has 11 heteroatoms. The quantitative estimate of drug-likeness (QED) is 0.234. The maximum atomic E-state index is 12.8. The van der Waals surface area contributed by atoms with Crippen LogP contribution < -0.4 is 5.32 Å². The molecule has 0 aliphatic rings. The fraction of sp³-hybridized carbons (Fsp3) is 0.105. The first-order valence-electron chi connectivity index (χ1n) is 8.27. The zero-order chi connectivity index (χ0) is 21.7. The van der Waals surface area contributed by atoms with Crippen molar-refractivity contribution in [1.82, 2.24) is 10.2 Å². The molecule has 3 aromatic rings. The zero-order valence-corrected chi connectivity index (χ0v) is 18.1. The fourth-order valence-corrected chi connectivity index (χ4v) is 4.22. The van der Waals surface area contributed by atoms with Crippen molar-refractivity contribution in [3.8, 4) is 0 Å². The summed E-state index contributed by atoms with van der Waals surface area (Å²) in [6.07, 6.45) is -2.20. The summed E-state index contributed by atoms with van der Waals surface area (Å²) in [4.78, 5) is 12.1. The van der Waals surface area contributed by atoms with Gasteiger partial charge in [0.1, 0.15) is 0 Å². The van der Waals surface area contributed by atoms with E-state index < -0.39 is 17.6 Å². The van der Waals surface area contributed by atoms with Gasteiger partial charge in [-0.2, -0.15) is 13.2 Å². The highest BCUT2D eigenvalue weighted by Gasteiger charge is 2.30. The third-order valence-electron chi connectivity index (χ3n) is 3.65. The summed E-state index contributed by atoms with van der Waals surface area (Å²) in [5, 5.41) is 11.4. The van der Waals surface area contributed by atoms with E-state index in [4.69, 9.17) is 23.2 Å². The van der Waals surface area contributed by atoms with Gasteiger partial charge in [-0.3, -0.25) is 10.1 Å². The van der Waals surface area contributed by atoms with E-state index in [-0.39, 0.29) is 15.7 Å². The standard InChI is InChI=1S/C19H12Cl2F3N3OS2/c20-14-5-1-11(2-6-14)10-29-18-27-26-17(30-18)25-16(28)8-3-12-9-13(19(22,23)24)4-7-15(12)21/h1-9H,10H2,(H,25,26,28)/b8-3+. The first kappa shape index (κ1) is 22.6. The molecule has 4 nitrogen and oxygen atoms in total. The molecule has 0 unspecified atom stereocenters. The number of amides is 1. The number of alkyl halides is 3. The first-order valence-corrected chi connectivity index (χ1v) is 10.8. The third-order valence-corrected chi connectivity index (χ3v) is 6.29. The molecule has 1 N–H and O–H groups in total. The normalized spacial score (nSPS) is 11.8. The van der Waals surface area contributed by atoms with Crippen LogP contribution in [0.25, 0.3) is 6.08 Å². The number of nitrogens with zero attached hydrogens (tertiary/aromatic N) is 2. The Bertz CT molecular complexity index is 1070. The van der Waals surface area contributed by atoms with Crippen LogP contribution in [0.1, 0.15) is 16.7 Å². The van der Waals surface area contributed by atoms with Crippen molar-refractivity contribution >= 4 is 63.4 Å². The fourth-order valence-electron chi connectivity index (χ4n) is 2.20. The van der Waals surface area contributed by atoms with Gasteiger partial charge >= 0.3 is 6.18 Å². The second-order valence-electron chi connectivity index (χ2n) is 5.84. The van der Waals surface area contributed by atoms with E-state index in [1.54, 1.807) is 12.1 Å². The Morgan fingerprint density at radius 2 is 1.87 bits per heavy atom. The zero-order valence-electron chi connectivity index (χ0n) is 14.9. The van der Waals surface area contributed by atoms with Gasteiger partial charge in [0, 0.05) is 21.9 Å². The van der Waals surface area contributed by atoms with E-state index in [9.17, 15) is 18.0 Å². The molecule has 0 spiro atoms. The number of thioether (sulfide) groups is 1. The number of carbonyl (C=O) groups is 1. The molecule has 0 radical (unpaired) electrons. The van der Waals surface area contributed by atoms with Gasteiger partial charge in [-0.05, 0) is 47.5 Å². The number of benzene rings is 2. The van der Waals surface area contributed by atoms with Gasteiger partial charge in [-0.15, -0.1) is 10.2 Å². The SMILES string of the molecule is O=C(/C=C/c1cc(C(F)(F)F)ccc1Cl)Nc1nnc(SCc2ccc(Cl)cc2)s1. The molecule has 1 amide bonds. The lowest BCUT2D eigenvalue weighted by molar-refractivity contribution is -0.137. The minimum Gasteiger partial charge on any atom is -0.297 e. The van der Waals surface area contributed by atoms with Crippen molar-refractivity contribution in [3.05, 3.63) is 75.3 Å². The van der Waals surface area contributed by atoms with Gasteiger partial charge in [0.25, 0.3) is 0 Å². The number of aromatic nitrogens is 2. The minimum absolute atomic E-state index is 0.0816. The molecule has 0 saturated heterocycles. The van der Waals surface area contributed by atoms with Crippen molar-refractivity contribution in [2.24, 2.45) is 0 Å². The molecule has 30 heavy (non-hydrogen) atoms. The van der Waals surface area contributed by atoms with E-state index >= 15 is 0 Å². The van der Waals surface area contributed by atoms with Crippen LogP contribution in [0.4, 0.5) is 18.3 Å². The Kier molecular flexibility index (Phi) is 7.41. The number of rotatable bonds is 6. The lowest BCUT2D eigenvalue weighted by Crippen LogP contribution is -2.07. The molecular formula is C19H12Cl2F3N3OS2. The Morgan fingerprint density at radius 1 is 1.13 bits per heavy atom. The summed E-state index contributed by atoms with van der Waals surface area (Å²) in [5.41, 5.74) is 0.294. The summed E-state index contributed by atoms with van der Waals surface area (Å²) >= 11 is 14.4. The van der Waals surface area contributed by atoms with Gasteiger partial charge in [0.05, 0.1) is 5.56 Å². The molecule has 0 aliphatic carbocycles. The van der Waals surface area contributed by atoms with Crippen LogP contribution in [0, 0.1) is 0 Å². The van der Waals surface area contributed by atoms with E-state index in [2.05, 4.69) is 15.5 Å². The Labute approximate surface area is 188 Å². The summed E-state index contributed by atoms with van der Waals surface area (Å²) in [6, 6.07) is 10.3. The summed E-state index contributed by atoms with van der Waals surface area (Å²) < 4.78 is 39.1. The minimum atomic E-state index is -4.50. The molecule has 0 atom stereocenters. The van der Waals surface area contributed by atoms with E-state index in [1.807, 2.05) is 12.1 Å². The summed E-state index contributed by atoms with van der Waals surface area (Å²) in [5.74, 6) is 0.0992. The largest absolute Gasteiger partial charge is 0.416 e. The number of hydrogen-bond donors (Lipinski definition) is 1. The Morgan fingerprint density at radius 3 is 2.57 bits per heavy atom. The average molecular weight is 490 g/mol. The summed E-state index contributed by atoms with van der Waals surface area (Å²) in [7, 11) is 0. The van der Waals surface area contributed by atoms with E-state index in [0.29, 0.717) is 15.1 Å². The highest BCUT2D eigenvalue weighted by molar-refractivity contribution is 8.00. The van der Waals surface area contributed by atoms with Crippen molar-refractivity contribution in [2.45, 2.75) is 16.3 Å². The van der Waals surface area contributed by atoms with Gasteiger partial charge in [0.2, 0.25) is 11.0 Å². The molecule has 0 saturated carbocycles. The van der Waals surface area contributed by atoms with Crippen LogP contribution in [-0.2, 0) is 16.7 Å². The second kappa shape index (κ2) is 9.82. The van der Waals surface area contributed by atoms with Crippen LogP contribution in [0.15, 0.2) is 52.9 Å². The van der Waals surface area contributed by atoms with E-state index in [0.717, 1.165) is 29.8 Å². The van der Waals surface area contributed by atoms with Crippen LogP contribution >= 0.6 is 46.3 Å². The van der Waals surface area contributed by atoms with Gasteiger partial charge in [-0.1, -0.05) is 58.4 Å². The molecule has 2 aromatic carbocycles. The van der Waals surface area contributed by atoms with Gasteiger partial charge in [-0.25, -0.2) is 0 Å². The number of anilines is 1. The Balaban J connectivity index is 1.58. The van der Waals surface area contributed by atoms with Crippen LogP contribution in [0.3, 0.4) is 0 Å². The van der Waals surface area contributed by atoms with E-state index in [1.165, 1.54) is 29.2 Å². The summed E-state index contributed by atoms with van der Waals surface area (Å²) in [6.45, 7) is 0. The van der Waals surface area contributed by atoms with Gasteiger partial charge < -0.3 is 0 Å². The van der Waals surface area contributed by atoms with Crippen molar-refractivity contribution < 1.29 is 18.0 Å². The maximum Gasteiger partial charge on any atom is 0.416 e. The van der Waals surface area contributed by atoms with Crippen LogP contribution in [-0.4, -0.2) is 16.1 Å². The molecular weight excluding hydrogens is 478 g/mol. The first-order chi connectivity index (χ1) is 14.2. The monoisotopic (exact) mass is 489 g/mol. The van der Waals surface area contributed by atoms with Crippen molar-refractivity contribution in [1.29, 1.82) is 0 Å². The molecule has 1 aromatic heterocycles. The maximum absolute atomic E-state index is 12.8.